The first-order valence-electron chi connectivity index (χ1n) is 4.03. The van der Waals surface area contributed by atoms with E-state index in [9.17, 15) is 4.79 Å². The van der Waals surface area contributed by atoms with E-state index in [2.05, 4.69) is 17.0 Å². The van der Waals surface area contributed by atoms with Crippen LogP contribution in [0, 0.1) is 6.92 Å². The van der Waals surface area contributed by atoms with Crippen molar-refractivity contribution in [3.63, 3.8) is 0 Å². The van der Waals surface area contributed by atoms with E-state index < -0.39 is 0 Å². The standard InChI is InChI=1S/C9H13N3O/c1-4-9(13)10-5-8-6-11-12(3)7(8)2/h4,6H,1,5H2,2-3H3,(H,10,13). The quantitative estimate of drug-likeness (QED) is 0.688. The third kappa shape index (κ3) is 2.18. The number of carbonyl (C=O) groups is 1. The van der Waals surface area contributed by atoms with Gasteiger partial charge in [0.15, 0.2) is 0 Å². The summed E-state index contributed by atoms with van der Waals surface area (Å²) in [6, 6.07) is 0. The van der Waals surface area contributed by atoms with Crippen LogP contribution >= 0.6 is 0 Å². The van der Waals surface area contributed by atoms with Gasteiger partial charge in [0.2, 0.25) is 5.91 Å². The summed E-state index contributed by atoms with van der Waals surface area (Å²) in [7, 11) is 1.87. The Kier molecular flexibility index (Phi) is 2.84. The maximum atomic E-state index is 10.8. The maximum Gasteiger partial charge on any atom is 0.243 e. The number of nitrogens with one attached hydrogen (secondary N) is 1. The average molecular weight is 179 g/mol. The topological polar surface area (TPSA) is 46.9 Å². The van der Waals surface area contributed by atoms with Crippen LogP contribution in [0.25, 0.3) is 0 Å². The van der Waals surface area contributed by atoms with Crippen molar-refractivity contribution in [2.24, 2.45) is 7.05 Å². The van der Waals surface area contributed by atoms with Gasteiger partial charge in [0.05, 0.1) is 6.20 Å². The van der Waals surface area contributed by atoms with Crippen molar-refractivity contribution in [2.45, 2.75) is 13.5 Å². The molecule has 1 N–H and O–H groups in total. The Balaban J connectivity index is 2.59. The van der Waals surface area contributed by atoms with Crippen molar-refractivity contribution in [3.05, 3.63) is 30.1 Å². The molecule has 1 rings (SSSR count). The molecule has 4 heteroatoms. The molecular formula is C9H13N3O. The van der Waals surface area contributed by atoms with Gasteiger partial charge in [-0.1, -0.05) is 6.58 Å². The van der Waals surface area contributed by atoms with E-state index >= 15 is 0 Å². The van der Waals surface area contributed by atoms with Gasteiger partial charge < -0.3 is 5.32 Å². The number of nitrogens with zero attached hydrogens (tertiary/aromatic N) is 2. The molecule has 0 aliphatic carbocycles. The summed E-state index contributed by atoms with van der Waals surface area (Å²) >= 11 is 0. The molecule has 0 saturated carbocycles. The Hall–Kier alpha value is -1.58. The summed E-state index contributed by atoms with van der Waals surface area (Å²) in [5, 5.41) is 6.75. The molecule has 13 heavy (non-hydrogen) atoms. The van der Waals surface area contributed by atoms with E-state index in [1.165, 1.54) is 6.08 Å². The normalized spacial score (nSPS) is 9.69. The highest BCUT2D eigenvalue weighted by molar-refractivity contribution is 5.86. The highest BCUT2D eigenvalue weighted by Gasteiger charge is 2.03. The molecule has 1 aromatic heterocycles. The molecule has 0 saturated heterocycles. The minimum absolute atomic E-state index is 0.164. The SMILES string of the molecule is C=CC(=O)NCc1cnn(C)c1C. The van der Waals surface area contributed by atoms with Crippen molar-refractivity contribution in [3.8, 4) is 0 Å². The lowest BCUT2D eigenvalue weighted by Crippen LogP contribution is -2.20. The zero-order chi connectivity index (χ0) is 9.84. The van der Waals surface area contributed by atoms with Gasteiger partial charge in [-0.05, 0) is 13.0 Å². The molecule has 0 fully saturated rings. The molecule has 70 valence electrons. The Morgan fingerprint density at radius 1 is 1.85 bits per heavy atom. The largest absolute Gasteiger partial charge is 0.348 e. The van der Waals surface area contributed by atoms with Gasteiger partial charge in [-0.3, -0.25) is 9.48 Å². The van der Waals surface area contributed by atoms with Crippen LogP contribution in [0.4, 0.5) is 0 Å². The number of hydrogen-bond donors (Lipinski definition) is 1. The summed E-state index contributed by atoms with van der Waals surface area (Å²) in [5.41, 5.74) is 2.09. The number of carbonyl (C=O) groups excluding carboxylic acids is 1. The Morgan fingerprint density at radius 2 is 2.54 bits per heavy atom. The number of aryl methyl sites for hydroxylation is 1. The van der Waals surface area contributed by atoms with E-state index in [0.717, 1.165) is 11.3 Å². The Bertz CT molecular complexity index is 328. The van der Waals surface area contributed by atoms with E-state index in [0.29, 0.717) is 6.54 Å². The molecule has 1 heterocycles. The molecule has 0 radical (unpaired) electrons. The predicted molar refractivity (Wildman–Crippen MR) is 50.0 cm³/mol. The Labute approximate surface area is 77.3 Å². The molecule has 0 bridgehead atoms. The van der Waals surface area contributed by atoms with Gasteiger partial charge in [0.25, 0.3) is 0 Å². The average Bonchev–Trinajstić information content (AvgIpc) is 2.44. The lowest BCUT2D eigenvalue weighted by Gasteiger charge is -2.01. The van der Waals surface area contributed by atoms with Crippen LogP contribution in [0.1, 0.15) is 11.3 Å². The fourth-order valence-corrected chi connectivity index (χ4v) is 0.972. The van der Waals surface area contributed by atoms with Crippen LogP contribution in [0.3, 0.4) is 0 Å². The second-order valence-electron chi connectivity index (χ2n) is 2.80. The van der Waals surface area contributed by atoms with Gasteiger partial charge in [-0.2, -0.15) is 5.10 Å². The second-order valence-corrected chi connectivity index (χ2v) is 2.80. The minimum atomic E-state index is -0.164. The van der Waals surface area contributed by atoms with Crippen LogP contribution in [-0.2, 0) is 18.4 Å². The number of amides is 1. The van der Waals surface area contributed by atoms with E-state index in [1.807, 2.05) is 14.0 Å². The zero-order valence-electron chi connectivity index (χ0n) is 7.87. The van der Waals surface area contributed by atoms with Crippen LogP contribution in [0.5, 0.6) is 0 Å². The third-order valence-corrected chi connectivity index (χ3v) is 1.98. The first-order chi connectivity index (χ1) is 6.15. The lowest BCUT2D eigenvalue weighted by atomic mass is 10.2. The molecule has 0 unspecified atom stereocenters. The second kappa shape index (κ2) is 3.89. The van der Waals surface area contributed by atoms with E-state index in [1.54, 1.807) is 10.9 Å². The van der Waals surface area contributed by atoms with Crippen LogP contribution in [0.15, 0.2) is 18.9 Å². The predicted octanol–water partition coefficient (Wildman–Crippen LogP) is 0.531. The highest BCUT2D eigenvalue weighted by Crippen LogP contribution is 2.04. The summed E-state index contributed by atoms with van der Waals surface area (Å²) in [6.45, 7) is 5.83. The van der Waals surface area contributed by atoms with Gasteiger partial charge in [-0.15, -0.1) is 0 Å². The van der Waals surface area contributed by atoms with Crippen molar-refractivity contribution >= 4 is 5.91 Å². The zero-order valence-corrected chi connectivity index (χ0v) is 7.87. The lowest BCUT2D eigenvalue weighted by molar-refractivity contribution is -0.116. The number of rotatable bonds is 3. The molecule has 0 aliphatic heterocycles. The molecular weight excluding hydrogens is 166 g/mol. The summed E-state index contributed by atoms with van der Waals surface area (Å²) in [5.74, 6) is -0.164. The first-order valence-corrected chi connectivity index (χ1v) is 4.03. The fourth-order valence-electron chi connectivity index (χ4n) is 0.972. The van der Waals surface area contributed by atoms with Gasteiger partial charge in [0.1, 0.15) is 0 Å². The fraction of sp³-hybridized carbons (Fsp3) is 0.333. The van der Waals surface area contributed by atoms with Crippen molar-refractivity contribution < 1.29 is 4.79 Å². The van der Waals surface area contributed by atoms with Crippen LogP contribution < -0.4 is 5.32 Å². The number of hydrogen-bond acceptors (Lipinski definition) is 2. The van der Waals surface area contributed by atoms with Crippen molar-refractivity contribution in [1.82, 2.24) is 15.1 Å². The molecule has 0 spiro atoms. The Morgan fingerprint density at radius 3 is 3.00 bits per heavy atom. The van der Waals surface area contributed by atoms with Crippen molar-refractivity contribution in [2.75, 3.05) is 0 Å². The van der Waals surface area contributed by atoms with Gasteiger partial charge >= 0.3 is 0 Å². The smallest absolute Gasteiger partial charge is 0.243 e. The molecule has 1 amide bonds. The third-order valence-electron chi connectivity index (χ3n) is 1.98. The minimum Gasteiger partial charge on any atom is -0.348 e. The summed E-state index contributed by atoms with van der Waals surface area (Å²) in [6.07, 6.45) is 3.00. The molecule has 0 atom stereocenters. The summed E-state index contributed by atoms with van der Waals surface area (Å²) < 4.78 is 1.77. The van der Waals surface area contributed by atoms with Crippen LogP contribution in [-0.4, -0.2) is 15.7 Å². The number of aromatic nitrogens is 2. The maximum absolute atomic E-state index is 10.8. The first kappa shape index (κ1) is 9.51. The molecule has 1 aromatic rings. The molecule has 0 aromatic carbocycles. The van der Waals surface area contributed by atoms with Crippen molar-refractivity contribution in [1.29, 1.82) is 0 Å². The van der Waals surface area contributed by atoms with Gasteiger partial charge in [0, 0.05) is 24.8 Å². The van der Waals surface area contributed by atoms with E-state index in [-0.39, 0.29) is 5.91 Å². The van der Waals surface area contributed by atoms with Gasteiger partial charge in [-0.25, -0.2) is 0 Å². The molecule has 0 aliphatic rings. The summed E-state index contributed by atoms with van der Waals surface area (Å²) in [4.78, 5) is 10.8. The monoisotopic (exact) mass is 179 g/mol. The molecule has 4 nitrogen and oxygen atoms in total. The highest BCUT2D eigenvalue weighted by atomic mass is 16.1. The van der Waals surface area contributed by atoms with E-state index in [4.69, 9.17) is 0 Å². The van der Waals surface area contributed by atoms with Crippen LogP contribution in [0.2, 0.25) is 0 Å².